The van der Waals surface area contributed by atoms with Gasteiger partial charge < -0.3 is 14.1 Å². The highest BCUT2D eigenvalue weighted by Crippen LogP contribution is 2.32. The van der Waals surface area contributed by atoms with Gasteiger partial charge in [-0.15, -0.1) is 10.2 Å². The van der Waals surface area contributed by atoms with Crippen LogP contribution in [0.2, 0.25) is 5.02 Å². The predicted octanol–water partition coefficient (Wildman–Crippen LogP) is 4.92. The van der Waals surface area contributed by atoms with Crippen LogP contribution >= 0.6 is 11.6 Å². The van der Waals surface area contributed by atoms with Crippen molar-refractivity contribution in [2.24, 2.45) is 0 Å². The van der Waals surface area contributed by atoms with Crippen LogP contribution in [0.3, 0.4) is 0 Å². The van der Waals surface area contributed by atoms with Gasteiger partial charge in [-0.2, -0.15) is 10.4 Å². The Hall–Kier alpha value is -3.67. The van der Waals surface area contributed by atoms with Crippen molar-refractivity contribution in [1.82, 2.24) is 24.9 Å². The average Bonchev–Trinajstić information content (AvgIpc) is 3.33. The molecule has 0 aliphatic rings. The predicted molar refractivity (Wildman–Crippen MR) is 120 cm³/mol. The smallest absolute Gasteiger partial charge is 0.247 e. The highest BCUT2D eigenvalue weighted by atomic mass is 35.5. The number of ether oxygens (including phenoxy) is 1. The fourth-order valence-electron chi connectivity index (χ4n) is 3.24. The molecule has 8 nitrogen and oxygen atoms in total. The molecule has 0 saturated carbocycles. The zero-order valence-corrected chi connectivity index (χ0v) is 18.9. The fraction of sp³-hybridized carbons (Fsp3) is 0.217. The third-order valence-corrected chi connectivity index (χ3v) is 5.09. The van der Waals surface area contributed by atoms with E-state index in [9.17, 15) is 0 Å². The van der Waals surface area contributed by atoms with Gasteiger partial charge in [0, 0.05) is 5.56 Å². The second-order valence-corrected chi connectivity index (χ2v) is 7.96. The maximum absolute atomic E-state index is 9.08. The lowest BCUT2D eigenvalue weighted by molar-refractivity contribution is 0.344. The summed E-state index contributed by atoms with van der Waals surface area (Å²) in [5.74, 6) is 2.34. The van der Waals surface area contributed by atoms with Crippen molar-refractivity contribution in [2.75, 3.05) is 14.1 Å². The van der Waals surface area contributed by atoms with E-state index < -0.39 is 0 Å². The van der Waals surface area contributed by atoms with E-state index in [1.54, 1.807) is 22.9 Å². The Labute approximate surface area is 190 Å². The van der Waals surface area contributed by atoms with Crippen LogP contribution in [0.15, 0.2) is 46.9 Å². The molecule has 0 amide bonds. The largest absolute Gasteiger partial charge is 0.453 e. The molecule has 2 heterocycles. The summed E-state index contributed by atoms with van der Waals surface area (Å²) in [6.07, 6.45) is 0. The molecular formula is C23H21ClN6O2. The number of nitriles is 1. The molecule has 0 aliphatic heterocycles. The SMILES string of the molecule is Cc1nn(-c2ccc(C#N)c(Cl)c2)c(C)c1Oc1ccc(-c2nnc(CN(C)C)o2)cc1. The van der Waals surface area contributed by atoms with Gasteiger partial charge in [0.15, 0.2) is 5.75 Å². The van der Waals surface area contributed by atoms with Crippen LogP contribution in [0.1, 0.15) is 22.8 Å². The third kappa shape index (κ3) is 4.35. The number of hydrogen-bond donors (Lipinski definition) is 0. The molecule has 0 spiro atoms. The summed E-state index contributed by atoms with van der Waals surface area (Å²) in [4.78, 5) is 1.96. The molecule has 2 aromatic heterocycles. The summed E-state index contributed by atoms with van der Waals surface area (Å²) in [5.41, 5.74) is 3.54. The molecular weight excluding hydrogens is 428 g/mol. The van der Waals surface area contributed by atoms with Gasteiger partial charge in [0.2, 0.25) is 11.8 Å². The van der Waals surface area contributed by atoms with Crippen molar-refractivity contribution < 1.29 is 9.15 Å². The zero-order chi connectivity index (χ0) is 22.8. The van der Waals surface area contributed by atoms with Crippen molar-refractivity contribution in [3.8, 4) is 34.7 Å². The first-order valence-corrected chi connectivity index (χ1v) is 10.2. The van der Waals surface area contributed by atoms with Gasteiger partial charge in [-0.05, 0) is 70.4 Å². The standard InChI is InChI=1S/C23H21ClN6O2/c1-14-22(15(2)30(28-14)18-8-5-17(12-25)20(24)11-18)31-19-9-6-16(7-10-19)23-27-26-21(32-23)13-29(3)4/h5-11H,13H2,1-4H3. The van der Waals surface area contributed by atoms with Crippen LogP contribution in [-0.2, 0) is 6.54 Å². The summed E-state index contributed by atoms with van der Waals surface area (Å²) in [7, 11) is 3.89. The summed E-state index contributed by atoms with van der Waals surface area (Å²) in [6.45, 7) is 4.38. The molecule has 32 heavy (non-hydrogen) atoms. The monoisotopic (exact) mass is 448 g/mol. The van der Waals surface area contributed by atoms with E-state index in [0.717, 1.165) is 22.6 Å². The van der Waals surface area contributed by atoms with Gasteiger partial charge in [0.25, 0.3) is 0 Å². The van der Waals surface area contributed by atoms with Gasteiger partial charge in [-0.3, -0.25) is 0 Å². The maximum Gasteiger partial charge on any atom is 0.247 e. The first-order valence-electron chi connectivity index (χ1n) is 9.87. The number of hydrogen-bond acceptors (Lipinski definition) is 7. The second-order valence-electron chi connectivity index (χ2n) is 7.55. The minimum absolute atomic E-state index is 0.380. The van der Waals surface area contributed by atoms with E-state index in [4.69, 9.17) is 26.0 Å². The maximum atomic E-state index is 9.08. The molecule has 9 heteroatoms. The lowest BCUT2D eigenvalue weighted by atomic mass is 10.2. The molecule has 2 aromatic carbocycles. The number of aromatic nitrogens is 4. The molecule has 0 unspecified atom stereocenters. The number of nitrogens with zero attached hydrogens (tertiary/aromatic N) is 6. The molecule has 162 valence electrons. The summed E-state index contributed by atoms with van der Waals surface area (Å²) < 4.78 is 13.6. The lowest BCUT2D eigenvalue weighted by Crippen LogP contribution is -2.10. The lowest BCUT2D eigenvalue weighted by Gasteiger charge is -2.08. The van der Waals surface area contributed by atoms with Gasteiger partial charge >= 0.3 is 0 Å². The molecule has 4 rings (SSSR count). The van der Waals surface area contributed by atoms with E-state index in [1.165, 1.54) is 0 Å². The van der Waals surface area contributed by atoms with Crippen LogP contribution in [0.25, 0.3) is 17.1 Å². The van der Waals surface area contributed by atoms with E-state index in [1.807, 2.05) is 57.1 Å². The first-order chi connectivity index (χ1) is 15.4. The minimum Gasteiger partial charge on any atom is -0.453 e. The number of benzene rings is 2. The zero-order valence-electron chi connectivity index (χ0n) is 18.1. The quantitative estimate of drug-likeness (QED) is 0.413. The Morgan fingerprint density at radius 2 is 1.88 bits per heavy atom. The number of rotatable bonds is 6. The Bertz CT molecular complexity index is 1300. The van der Waals surface area contributed by atoms with E-state index in [0.29, 0.717) is 40.4 Å². The fourth-order valence-corrected chi connectivity index (χ4v) is 3.46. The van der Waals surface area contributed by atoms with Gasteiger partial charge in [0.1, 0.15) is 17.5 Å². The van der Waals surface area contributed by atoms with Crippen LogP contribution in [-0.4, -0.2) is 39.0 Å². The molecule has 0 atom stereocenters. The summed E-state index contributed by atoms with van der Waals surface area (Å²) in [6, 6.07) is 14.7. The third-order valence-electron chi connectivity index (χ3n) is 4.78. The Kier molecular flexibility index (Phi) is 5.95. The molecule has 0 radical (unpaired) electrons. The Morgan fingerprint density at radius 1 is 1.12 bits per heavy atom. The molecule has 0 bridgehead atoms. The number of halogens is 1. The van der Waals surface area contributed by atoms with Crippen LogP contribution < -0.4 is 4.74 Å². The summed E-state index contributed by atoms with van der Waals surface area (Å²) in [5, 5.41) is 22.2. The molecule has 0 N–H and O–H groups in total. The van der Waals surface area contributed by atoms with Crippen molar-refractivity contribution in [3.05, 3.63) is 70.3 Å². The minimum atomic E-state index is 0.380. The van der Waals surface area contributed by atoms with Crippen molar-refractivity contribution in [3.63, 3.8) is 0 Å². The van der Waals surface area contributed by atoms with Crippen molar-refractivity contribution in [1.29, 1.82) is 5.26 Å². The topological polar surface area (TPSA) is 93.0 Å². The average molecular weight is 449 g/mol. The highest BCUT2D eigenvalue weighted by Gasteiger charge is 2.16. The molecule has 0 fully saturated rings. The molecule has 0 saturated heterocycles. The van der Waals surface area contributed by atoms with Crippen molar-refractivity contribution >= 4 is 11.6 Å². The van der Waals surface area contributed by atoms with Crippen molar-refractivity contribution in [2.45, 2.75) is 20.4 Å². The summed E-state index contributed by atoms with van der Waals surface area (Å²) >= 11 is 6.19. The second kappa shape index (κ2) is 8.83. The molecule has 4 aromatic rings. The van der Waals surface area contributed by atoms with Gasteiger partial charge in [-0.1, -0.05) is 11.6 Å². The van der Waals surface area contributed by atoms with Crippen LogP contribution in [0, 0.1) is 25.2 Å². The van der Waals surface area contributed by atoms with Crippen LogP contribution in [0.4, 0.5) is 0 Å². The number of aryl methyl sites for hydroxylation is 1. The van der Waals surface area contributed by atoms with E-state index in [-0.39, 0.29) is 0 Å². The van der Waals surface area contributed by atoms with Gasteiger partial charge in [0.05, 0.1) is 28.5 Å². The van der Waals surface area contributed by atoms with E-state index >= 15 is 0 Å². The Balaban J connectivity index is 1.55. The highest BCUT2D eigenvalue weighted by molar-refractivity contribution is 6.31. The molecule has 0 aliphatic carbocycles. The van der Waals surface area contributed by atoms with E-state index in [2.05, 4.69) is 21.4 Å². The van der Waals surface area contributed by atoms with Crippen LogP contribution in [0.5, 0.6) is 11.5 Å². The first kappa shape index (κ1) is 21.6. The van der Waals surface area contributed by atoms with Gasteiger partial charge in [-0.25, -0.2) is 4.68 Å². The Morgan fingerprint density at radius 3 is 2.53 bits per heavy atom. The normalized spacial score (nSPS) is 11.0.